The van der Waals surface area contributed by atoms with Gasteiger partial charge in [0, 0.05) is 25.7 Å². The van der Waals surface area contributed by atoms with E-state index in [0.29, 0.717) is 22.6 Å². The van der Waals surface area contributed by atoms with Gasteiger partial charge in [0.05, 0.1) is 65.2 Å². The number of azo groups is 1. The van der Waals surface area contributed by atoms with Crippen molar-refractivity contribution in [3.05, 3.63) is 107 Å². The largest absolute Gasteiger partial charge is 0.502 e. The third kappa shape index (κ3) is 5.94. The first kappa shape index (κ1) is 37.8. The van der Waals surface area contributed by atoms with E-state index in [2.05, 4.69) is 10.2 Å². The number of benzene rings is 4. The van der Waals surface area contributed by atoms with Crippen molar-refractivity contribution in [3.8, 4) is 17.2 Å². The van der Waals surface area contributed by atoms with Gasteiger partial charge < -0.3 is 19.5 Å². The van der Waals surface area contributed by atoms with E-state index in [0.717, 1.165) is 22.2 Å². The van der Waals surface area contributed by atoms with Gasteiger partial charge in [-0.2, -0.15) is 10.2 Å². The Morgan fingerprint density at radius 2 is 1.40 bits per heavy atom. The number of nitrogens with zero attached hydrogens (tertiary/aromatic N) is 5. The highest BCUT2D eigenvalue weighted by molar-refractivity contribution is 6.32. The van der Waals surface area contributed by atoms with Crippen LogP contribution in [0.25, 0.3) is 0 Å². The Morgan fingerprint density at radius 1 is 0.807 bits per heavy atom. The van der Waals surface area contributed by atoms with E-state index >= 15 is 0 Å². The number of anilines is 3. The highest BCUT2D eigenvalue weighted by Crippen LogP contribution is 2.64. The number of aromatic hydroxyl groups is 1. The maximum atomic E-state index is 14.8. The number of fused-ring (bicyclic) bond motifs is 4. The Balaban J connectivity index is 1.16. The molecule has 0 unspecified atom stereocenters. The molecule has 8 rings (SSSR count). The SMILES string of the molecule is COc1cc([C@H]2C3=CC[C@@H]4C(=O)N(c5ccc(N=Nc6ccc(N(C)C)cc6)cc5)C(=O)[C@@H]4[C@@H]3C[C@H]3C(=O)N(c4ccc(F)c(Cl)c4)C(=O)[C@@]23C)cc(OC)c1O. The lowest BCUT2D eigenvalue weighted by Gasteiger charge is -2.49. The van der Waals surface area contributed by atoms with Gasteiger partial charge in [-0.1, -0.05) is 23.3 Å². The van der Waals surface area contributed by atoms with E-state index in [9.17, 15) is 28.7 Å². The molecule has 6 atom stereocenters. The summed E-state index contributed by atoms with van der Waals surface area (Å²) in [5, 5.41) is 19.2. The molecular weight excluding hydrogens is 753 g/mol. The number of hydrogen-bond acceptors (Lipinski definition) is 10. The normalized spacial score (nSPS) is 25.4. The minimum atomic E-state index is -1.41. The quantitative estimate of drug-likeness (QED) is 0.107. The number of methoxy groups -OCH3 is 2. The van der Waals surface area contributed by atoms with E-state index in [1.807, 2.05) is 49.3 Å². The summed E-state index contributed by atoms with van der Waals surface area (Å²) in [6.07, 6.45) is 2.24. The van der Waals surface area contributed by atoms with Gasteiger partial charge in [-0.3, -0.25) is 24.1 Å². The zero-order valence-corrected chi connectivity index (χ0v) is 32.5. The molecule has 0 spiro atoms. The van der Waals surface area contributed by atoms with E-state index in [1.54, 1.807) is 43.3 Å². The van der Waals surface area contributed by atoms with Crippen molar-refractivity contribution < 1.29 is 38.1 Å². The predicted octanol–water partition coefficient (Wildman–Crippen LogP) is 8.12. The molecule has 3 fully saturated rings. The minimum Gasteiger partial charge on any atom is -0.502 e. The molecule has 0 radical (unpaired) electrons. The number of ether oxygens (including phenoxy) is 2. The molecule has 12 nitrogen and oxygen atoms in total. The summed E-state index contributed by atoms with van der Waals surface area (Å²) >= 11 is 6.13. The molecule has 292 valence electrons. The first-order chi connectivity index (χ1) is 27.3. The zero-order valence-electron chi connectivity index (χ0n) is 31.8. The lowest BCUT2D eigenvalue weighted by molar-refractivity contribution is -0.131. The molecular formula is C43H39ClFN5O7. The van der Waals surface area contributed by atoms with Crippen LogP contribution >= 0.6 is 11.6 Å². The molecule has 4 amide bonds. The molecule has 2 aliphatic carbocycles. The number of rotatable bonds is 8. The van der Waals surface area contributed by atoms with Gasteiger partial charge in [-0.05, 0) is 110 Å². The molecule has 1 N–H and O–H groups in total. The fourth-order valence-corrected chi connectivity index (χ4v) is 9.38. The number of halogens is 2. The van der Waals surface area contributed by atoms with Gasteiger partial charge in [0.2, 0.25) is 29.4 Å². The molecule has 2 aliphatic heterocycles. The highest BCUT2D eigenvalue weighted by atomic mass is 35.5. The van der Waals surface area contributed by atoms with Gasteiger partial charge in [-0.15, -0.1) is 0 Å². The van der Waals surface area contributed by atoms with Gasteiger partial charge in [0.25, 0.3) is 0 Å². The molecule has 57 heavy (non-hydrogen) atoms. The van der Waals surface area contributed by atoms with E-state index in [-0.39, 0.29) is 46.7 Å². The Bertz CT molecular complexity index is 2380. The van der Waals surface area contributed by atoms with E-state index < -0.39 is 58.5 Å². The van der Waals surface area contributed by atoms with Crippen LogP contribution in [0.4, 0.5) is 32.8 Å². The number of amides is 4. The third-order valence-corrected chi connectivity index (χ3v) is 12.3. The van der Waals surface area contributed by atoms with Crippen LogP contribution in [0.15, 0.2) is 101 Å². The standard InChI is InChI=1S/C43H39ClFN5O7/c1-43-31(40(53)50(42(43)55)27-14-17-33(45)32(44)20-27)21-30-28(37(43)22-18-34(56-4)38(51)35(19-22)57-5)15-16-29-36(30)41(54)49(39(29)52)26-12-8-24(9-13-26)47-46-23-6-10-25(11-7-23)48(2)3/h6-15,17-20,29-31,36-37,51H,16,21H2,1-5H3/t29-,30+,31-,36-,37-,43+/m0/s1. The summed E-state index contributed by atoms with van der Waals surface area (Å²) in [6.45, 7) is 1.72. The second-order valence-corrected chi connectivity index (χ2v) is 15.6. The van der Waals surface area contributed by atoms with Crippen molar-refractivity contribution in [2.24, 2.45) is 39.3 Å². The zero-order chi connectivity index (χ0) is 40.5. The van der Waals surface area contributed by atoms with Gasteiger partial charge in [0.15, 0.2) is 11.5 Å². The Hall–Kier alpha value is -6.08. The van der Waals surface area contributed by atoms with Crippen molar-refractivity contribution in [2.75, 3.05) is 43.0 Å². The van der Waals surface area contributed by atoms with Crippen LogP contribution in [0.5, 0.6) is 17.2 Å². The molecule has 1 saturated carbocycles. The first-order valence-corrected chi connectivity index (χ1v) is 18.8. The smallest absolute Gasteiger partial charge is 0.241 e. The fourth-order valence-electron chi connectivity index (χ4n) is 9.20. The average molecular weight is 792 g/mol. The predicted molar refractivity (Wildman–Crippen MR) is 211 cm³/mol. The van der Waals surface area contributed by atoms with Crippen molar-refractivity contribution in [1.29, 1.82) is 0 Å². The number of phenols is 1. The summed E-state index contributed by atoms with van der Waals surface area (Å²) in [6, 6.07) is 21.1. The van der Waals surface area contributed by atoms with Crippen molar-refractivity contribution in [3.63, 3.8) is 0 Å². The third-order valence-electron chi connectivity index (χ3n) is 12.0. The number of carbonyl (C=O) groups is 4. The summed E-state index contributed by atoms with van der Waals surface area (Å²) < 4.78 is 25.3. The average Bonchev–Trinajstić information content (AvgIpc) is 3.57. The fraction of sp³-hybridized carbons (Fsp3) is 0.302. The summed E-state index contributed by atoms with van der Waals surface area (Å²) in [5.74, 6) is -6.51. The van der Waals surface area contributed by atoms with Gasteiger partial charge >= 0.3 is 0 Å². The summed E-state index contributed by atoms with van der Waals surface area (Å²) in [7, 11) is 6.68. The molecule has 14 heteroatoms. The van der Waals surface area contributed by atoms with E-state index in [1.165, 1.54) is 31.3 Å². The second-order valence-electron chi connectivity index (χ2n) is 15.2. The topological polar surface area (TPSA) is 141 Å². The van der Waals surface area contributed by atoms with Crippen LogP contribution in [0.1, 0.15) is 31.2 Å². The van der Waals surface area contributed by atoms with E-state index in [4.69, 9.17) is 21.1 Å². The highest BCUT2D eigenvalue weighted by Gasteiger charge is 2.67. The molecule has 2 heterocycles. The lowest BCUT2D eigenvalue weighted by atomic mass is 9.51. The van der Waals surface area contributed by atoms with Crippen LogP contribution in [-0.4, -0.2) is 57.1 Å². The van der Waals surface area contributed by atoms with Crippen molar-refractivity contribution >= 4 is 63.7 Å². The van der Waals surface area contributed by atoms with Crippen LogP contribution in [-0.2, 0) is 19.2 Å². The molecule has 4 aromatic carbocycles. The first-order valence-electron chi connectivity index (χ1n) is 18.4. The number of hydrogen-bond donors (Lipinski definition) is 1. The summed E-state index contributed by atoms with van der Waals surface area (Å²) in [4.78, 5) is 62.3. The number of allylic oxidation sites excluding steroid dienone is 2. The maximum absolute atomic E-state index is 14.8. The van der Waals surface area contributed by atoms with Crippen molar-refractivity contribution in [1.82, 2.24) is 0 Å². The Morgan fingerprint density at radius 3 is 1.98 bits per heavy atom. The molecule has 0 aromatic heterocycles. The second kappa shape index (κ2) is 14.1. The van der Waals surface area contributed by atoms with Crippen LogP contribution in [0.3, 0.4) is 0 Å². The lowest BCUT2D eigenvalue weighted by Crippen LogP contribution is -2.48. The number of phenolic OH excluding ortho intramolecular Hbond substituents is 1. The van der Waals surface area contributed by atoms with Gasteiger partial charge in [0.1, 0.15) is 5.82 Å². The Labute approximate surface area is 333 Å². The number of imide groups is 2. The van der Waals surface area contributed by atoms with Crippen LogP contribution < -0.4 is 24.2 Å². The van der Waals surface area contributed by atoms with Gasteiger partial charge in [-0.25, -0.2) is 9.29 Å². The number of carbonyl (C=O) groups excluding carboxylic acids is 4. The van der Waals surface area contributed by atoms with Crippen molar-refractivity contribution in [2.45, 2.75) is 25.7 Å². The summed E-state index contributed by atoms with van der Waals surface area (Å²) in [5.41, 5.74) is 2.54. The Kier molecular flexibility index (Phi) is 9.38. The van der Waals surface area contributed by atoms with Crippen LogP contribution in [0, 0.1) is 34.9 Å². The molecule has 0 bridgehead atoms. The van der Waals surface area contributed by atoms with Crippen LogP contribution in [0.2, 0.25) is 5.02 Å². The molecule has 4 aliphatic rings. The molecule has 2 saturated heterocycles. The minimum absolute atomic E-state index is 0.0864. The maximum Gasteiger partial charge on any atom is 0.241 e. The molecule has 4 aromatic rings. The monoisotopic (exact) mass is 791 g/mol.